The molecule has 20 heavy (non-hydrogen) atoms. The van der Waals surface area contributed by atoms with Crippen LogP contribution < -0.4 is 9.47 Å². The molecule has 0 aliphatic carbocycles. The fourth-order valence-corrected chi connectivity index (χ4v) is 2.75. The minimum atomic E-state index is 0.432. The van der Waals surface area contributed by atoms with Crippen molar-refractivity contribution in [1.82, 2.24) is 0 Å². The van der Waals surface area contributed by atoms with E-state index in [-0.39, 0.29) is 0 Å². The number of hydrogen-bond acceptors (Lipinski definition) is 2. The first-order chi connectivity index (χ1) is 9.63. The number of halogens is 3. The number of ether oxygens (including phenoxy) is 2. The van der Waals surface area contributed by atoms with Crippen molar-refractivity contribution in [3.8, 4) is 11.5 Å². The zero-order chi connectivity index (χ0) is 14.5. The van der Waals surface area contributed by atoms with Crippen LogP contribution in [0.1, 0.15) is 11.1 Å². The molecule has 5 heteroatoms. The minimum absolute atomic E-state index is 0.432. The molecule has 0 amide bonds. The Morgan fingerprint density at radius 2 is 1.75 bits per heavy atom. The van der Waals surface area contributed by atoms with E-state index in [1.54, 1.807) is 7.11 Å². The van der Waals surface area contributed by atoms with E-state index in [1.165, 1.54) is 0 Å². The van der Waals surface area contributed by atoms with Crippen molar-refractivity contribution in [1.29, 1.82) is 0 Å². The molecule has 0 bridgehead atoms. The summed E-state index contributed by atoms with van der Waals surface area (Å²) in [7, 11) is 1.62. The summed E-state index contributed by atoms with van der Waals surface area (Å²) in [5.74, 6) is 1.79. The fourth-order valence-electron chi connectivity index (χ4n) is 1.73. The van der Waals surface area contributed by atoms with E-state index in [4.69, 9.17) is 21.1 Å². The van der Waals surface area contributed by atoms with Crippen LogP contribution >= 0.6 is 43.5 Å². The van der Waals surface area contributed by atoms with Gasteiger partial charge in [-0.15, -0.1) is 11.6 Å². The quantitative estimate of drug-likeness (QED) is 0.592. The lowest BCUT2D eigenvalue weighted by molar-refractivity contribution is 0.282. The van der Waals surface area contributed by atoms with Crippen LogP contribution in [0, 0.1) is 0 Å². The van der Waals surface area contributed by atoms with E-state index in [1.807, 2.05) is 36.4 Å². The Balaban J connectivity index is 2.18. The van der Waals surface area contributed by atoms with Crippen molar-refractivity contribution in [3.63, 3.8) is 0 Å². The Morgan fingerprint density at radius 3 is 2.35 bits per heavy atom. The molecular formula is C15H13Br2ClO2. The number of rotatable bonds is 5. The zero-order valence-electron chi connectivity index (χ0n) is 10.8. The van der Waals surface area contributed by atoms with Gasteiger partial charge in [0.2, 0.25) is 0 Å². The van der Waals surface area contributed by atoms with Gasteiger partial charge in [0.15, 0.2) is 11.5 Å². The molecule has 0 heterocycles. The molecule has 0 unspecified atom stereocenters. The maximum atomic E-state index is 5.85. The molecule has 0 saturated heterocycles. The van der Waals surface area contributed by atoms with Crippen LogP contribution in [0.15, 0.2) is 45.3 Å². The van der Waals surface area contributed by atoms with Gasteiger partial charge in [-0.1, -0.05) is 28.1 Å². The summed E-state index contributed by atoms with van der Waals surface area (Å²) < 4.78 is 13.1. The van der Waals surface area contributed by atoms with Gasteiger partial charge in [-0.2, -0.15) is 0 Å². The van der Waals surface area contributed by atoms with Crippen LogP contribution in [-0.4, -0.2) is 7.11 Å². The van der Waals surface area contributed by atoms with Crippen LogP contribution in [0.5, 0.6) is 11.5 Å². The molecule has 0 radical (unpaired) electrons. The molecular weight excluding hydrogens is 407 g/mol. The topological polar surface area (TPSA) is 18.5 Å². The van der Waals surface area contributed by atoms with E-state index in [0.29, 0.717) is 24.0 Å². The Kier molecular flexibility index (Phi) is 5.75. The van der Waals surface area contributed by atoms with Crippen LogP contribution in [0.4, 0.5) is 0 Å². The first-order valence-electron chi connectivity index (χ1n) is 5.93. The van der Waals surface area contributed by atoms with Gasteiger partial charge in [0, 0.05) is 10.4 Å². The number of benzene rings is 2. The van der Waals surface area contributed by atoms with Gasteiger partial charge in [-0.05, 0) is 51.3 Å². The second-order valence-electron chi connectivity index (χ2n) is 4.16. The Morgan fingerprint density at radius 1 is 1.05 bits per heavy atom. The summed E-state index contributed by atoms with van der Waals surface area (Å²) in [6.07, 6.45) is 0. The highest BCUT2D eigenvalue weighted by atomic mass is 79.9. The molecule has 2 rings (SSSR count). The summed E-state index contributed by atoms with van der Waals surface area (Å²) in [6, 6.07) is 11.8. The van der Waals surface area contributed by atoms with Crippen LogP contribution in [0.25, 0.3) is 0 Å². The normalized spacial score (nSPS) is 10.4. The smallest absolute Gasteiger partial charge is 0.175 e. The fraction of sp³-hybridized carbons (Fsp3) is 0.200. The predicted octanol–water partition coefficient (Wildman–Crippen LogP) is 5.54. The Labute approximate surface area is 140 Å². The van der Waals surface area contributed by atoms with Crippen molar-refractivity contribution < 1.29 is 9.47 Å². The van der Waals surface area contributed by atoms with E-state index in [9.17, 15) is 0 Å². The standard InChI is InChI=1S/C15H13Br2ClO2/c1-19-14-7-11(8-18)6-13(17)15(14)20-9-10-2-4-12(16)5-3-10/h2-7H,8-9H2,1H3. The SMILES string of the molecule is COc1cc(CCl)cc(Br)c1OCc1ccc(Br)cc1. The van der Waals surface area contributed by atoms with Crippen molar-refractivity contribution in [3.05, 3.63) is 56.5 Å². The molecule has 0 N–H and O–H groups in total. The molecule has 0 saturated carbocycles. The monoisotopic (exact) mass is 418 g/mol. The molecule has 106 valence electrons. The summed E-state index contributed by atoms with van der Waals surface area (Å²) in [4.78, 5) is 0. The lowest BCUT2D eigenvalue weighted by Crippen LogP contribution is -1.99. The molecule has 0 aliphatic heterocycles. The van der Waals surface area contributed by atoms with E-state index in [2.05, 4.69) is 31.9 Å². The van der Waals surface area contributed by atoms with Gasteiger partial charge in [-0.25, -0.2) is 0 Å². The Bertz CT molecular complexity index is 585. The van der Waals surface area contributed by atoms with Gasteiger partial charge in [0.05, 0.1) is 11.6 Å². The van der Waals surface area contributed by atoms with Gasteiger partial charge in [0.1, 0.15) is 6.61 Å². The number of hydrogen-bond donors (Lipinski definition) is 0. The van der Waals surface area contributed by atoms with Gasteiger partial charge in [0.25, 0.3) is 0 Å². The van der Waals surface area contributed by atoms with Crippen LogP contribution in [0.2, 0.25) is 0 Å². The third-order valence-corrected chi connectivity index (χ3v) is 4.17. The molecule has 2 aromatic carbocycles. The molecule has 0 spiro atoms. The summed E-state index contributed by atoms with van der Waals surface area (Å²) in [5.41, 5.74) is 2.06. The maximum absolute atomic E-state index is 5.85. The Hall–Kier alpha value is -0.710. The van der Waals surface area contributed by atoms with E-state index in [0.717, 1.165) is 20.1 Å². The van der Waals surface area contributed by atoms with Crippen molar-refractivity contribution in [2.24, 2.45) is 0 Å². The second kappa shape index (κ2) is 7.34. The van der Waals surface area contributed by atoms with Crippen LogP contribution in [-0.2, 0) is 12.5 Å². The highest BCUT2D eigenvalue weighted by Gasteiger charge is 2.11. The maximum Gasteiger partial charge on any atom is 0.175 e. The summed E-state index contributed by atoms with van der Waals surface area (Å²) in [6.45, 7) is 0.475. The average molecular weight is 421 g/mol. The van der Waals surface area contributed by atoms with Gasteiger partial charge in [-0.3, -0.25) is 0 Å². The molecule has 0 aromatic heterocycles. The molecule has 0 atom stereocenters. The first kappa shape index (κ1) is 15.7. The minimum Gasteiger partial charge on any atom is -0.493 e. The van der Waals surface area contributed by atoms with Crippen LogP contribution in [0.3, 0.4) is 0 Å². The lowest BCUT2D eigenvalue weighted by Gasteiger charge is -2.14. The zero-order valence-corrected chi connectivity index (χ0v) is 14.8. The van der Waals surface area contributed by atoms with E-state index >= 15 is 0 Å². The highest BCUT2D eigenvalue weighted by Crippen LogP contribution is 2.37. The second-order valence-corrected chi connectivity index (χ2v) is 6.20. The number of alkyl halides is 1. The molecule has 2 nitrogen and oxygen atoms in total. The molecule has 0 aliphatic rings. The van der Waals surface area contributed by atoms with Crippen molar-refractivity contribution in [2.75, 3.05) is 7.11 Å². The summed E-state index contributed by atoms with van der Waals surface area (Å²) >= 11 is 12.8. The lowest BCUT2D eigenvalue weighted by atomic mass is 10.2. The third kappa shape index (κ3) is 3.90. The van der Waals surface area contributed by atoms with Gasteiger partial charge >= 0.3 is 0 Å². The highest BCUT2D eigenvalue weighted by molar-refractivity contribution is 9.10. The summed E-state index contributed by atoms with van der Waals surface area (Å²) in [5, 5.41) is 0. The average Bonchev–Trinajstić information content (AvgIpc) is 2.47. The van der Waals surface area contributed by atoms with Crippen molar-refractivity contribution in [2.45, 2.75) is 12.5 Å². The first-order valence-corrected chi connectivity index (χ1v) is 8.05. The predicted molar refractivity (Wildman–Crippen MR) is 88.7 cm³/mol. The van der Waals surface area contributed by atoms with Gasteiger partial charge < -0.3 is 9.47 Å². The van der Waals surface area contributed by atoms with Crippen molar-refractivity contribution >= 4 is 43.5 Å². The molecule has 0 fully saturated rings. The van der Waals surface area contributed by atoms with E-state index < -0.39 is 0 Å². The number of methoxy groups -OCH3 is 1. The third-order valence-electron chi connectivity index (χ3n) is 2.74. The molecule has 2 aromatic rings. The largest absolute Gasteiger partial charge is 0.493 e.